The summed E-state index contributed by atoms with van der Waals surface area (Å²) in [6, 6.07) is 9.04. The summed E-state index contributed by atoms with van der Waals surface area (Å²) in [4.78, 5) is 11.9. The zero-order valence-electron chi connectivity index (χ0n) is 18.9. The molecule has 0 saturated heterocycles. The molecule has 1 aliphatic carbocycles. The third kappa shape index (κ3) is 7.47. The number of nitrogens with one attached hydrogen (secondary N) is 1. The van der Waals surface area contributed by atoms with Gasteiger partial charge in [-0.1, -0.05) is 73.6 Å². The van der Waals surface area contributed by atoms with Crippen LogP contribution in [0, 0.1) is 5.41 Å². The van der Waals surface area contributed by atoms with E-state index in [1.807, 2.05) is 43.4 Å². The summed E-state index contributed by atoms with van der Waals surface area (Å²) in [7, 11) is 0. The second-order valence-electron chi connectivity index (χ2n) is 8.53. The first kappa shape index (κ1) is 23.3. The normalized spacial score (nSPS) is 18.0. The largest absolute Gasteiger partial charge is 0.271 e. The van der Waals surface area contributed by atoms with Crippen molar-refractivity contribution in [1.82, 2.24) is 5.43 Å². The molecule has 2 rings (SSSR count). The fraction of sp³-hybridized carbons (Fsp3) is 0.333. The highest BCUT2D eigenvalue weighted by Crippen LogP contribution is 2.40. The monoisotopic (exact) mass is 402 g/mol. The molecule has 30 heavy (non-hydrogen) atoms. The average Bonchev–Trinajstić information content (AvgIpc) is 2.71. The Kier molecular flexibility index (Phi) is 8.79. The number of nitrogens with zero attached hydrogens (tertiary/aromatic N) is 1. The van der Waals surface area contributed by atoms with Crippen molar-refractivity contribution in [2.24, 2.45) is 10.5 Å². The first-order valence-electron chi connectivity index (χ1n) is 10.6. The number of benzene rings is 1. The highest BCUT2D eigenvalue weighted by atomic mass is 16.2. The molecule has 1 aromatic rings. The maximum absolute atomic E-state index is 11.9. The smallest absolute Gasteiger partial charge is 0.267 e. The maximum Gasteiger partial charge on any atom is 0.271 e. The van der Waals surface area contributed by atoms with Crippen LogP contribution in [0.15, 0.2) is 94.2 Å². The Hall–Kier alpha value is -2.94. The van der Waals surface area contributed by atoms with Gasteiger partial charge >= 0.3 is 0 Å². The molecule has 0 atom stereocenters. The molecule has 3 nitrogen and oxygen atoms in total. The summed E-state index contributed by atoms with van der Waals surface area (Å²) >= 11 is 0. The molecule has 0 bridgehead atoms. The van der Waals surface area contributed by atoms with Crippen molar-refractivity contribution in [3.63, 3.8) is 0 Å². The van der Waals surface area contributed by atoms with Crippen molar-refractivity contribution in [1.29, 1.82) is 0 Å². The van der Waals surface area contributed by atoms with Gasteiger partial charge in [0.05, 0.1) is 0 Å². The van der Waals surface area contributed by atoms with E-state index in [2.05, 4.69) is 56.5 Å². The predicted octanol–water partition coefficient (Wildman–Crippen LogP) is 6.93. The molecule has 0 aliphatic heterocycles. The van der Waals surface area contributed by atoms with E-state index in [0.717, 1.165) is 5.57 Å². The van der Waals surface area contributed by atoms with Gasteiger partial charge in [-0.3, -0.25) is 4.79 Å². The van der Waals surface area contributed by atoms with Crippen LogP contribution in [0.25, 0.3) is 0 Å². The van der Waals surface area contributed by atoms with Crippen LogP contribution in [0.5, 0.6) is 0 Å². The van der Waals surface area contributed by atoms with Crippen molar-refractivity contribution < 1.29 is 4.79 Å². The summed E-state index contributed by atoms with van der Waals surface area (Å²) in [6.45, 7) is 11.1. The molecule has 1 aliphatic rings. The van der Waals surface area contributed by atoms with E-state index in [-0.39, 0.29) is 11.3 Å². The average molecular weight is 403 g/mol. The number of hydrazone groups is 1. The van der Waals surface area contributed by atoms with E-state index in [4.69, 9.17) is 0 Å². The Morgan fingerprint density at radius 2 is 1.77 bits per heavy atom. The van der Waals surface area contributed by atoms with Gasteiger partial charge in [-0.2, -0.15) is 5.10 Å². The van der Waals surface area contributed by atoms with Crippen molar-refractivity contribution in [3.05, 3.63) is 94.6 Å². The molecule has 0 unspecified atom stereocenters. The number of rotatable bonds is 7. The minimum absolute atomic E-state index is 0.217. The molecular formula is C27H34N2O. The highest BCUT2D eigenvalue weighted by Gasteiger charge is 2.26. The first-order valence-corrected chi connectivity index (χ1v) is 10.6. The predicted molar refractivity (Wildman–Crippen MR) is 129 cm³/mol. The molecule has 1 N–H and O–H groups in total. The van der Waals surface area contributed by atoms with Crippen LogP contribution < -0.4 is 5.43 Å². The molecular weight excluding hydrogens is 368 g/mol. The quantitative estimate of drug-likeness (QED) is 0.300. The summed E-state index contributed by atoms with van der Waals surface area (Å²) in [5, 5.41) is 3.97. The van der Waals surface area contributed by atoms with Crippen LogP contribution in [0.1, 0.15) is 64.2 Å². The summed E-state index contributed by atoms with van der Waals surface area (Å²) in [5.41, 5.74) is 8.64. The molecule has 0 heterocycles. The lowest BCUT2D eigenvalue weighted by molar-refractivity contribution is 0.0955. The van der Waals surface area contributed by atoms with Gasteiger partial charge in [0.25, 0.3) is 5.91 Å². The third-order valence-corrected chi connectivity index (χ3v) is 5.39. The van der Waals surface area contributed by atoms with Gasteiger partial charge < -0.3 is 0 Å². The Bertz CT molecular complexity index is 909. The number of hydrogen-bond acceptors (Lipinski definition) is 2. The molecule has 158 valence electrons. The van der Waals surface area contributed by atoms with Gasteiger partial charge in [-0.05, 0) is 74.8 Å². The highest BCUT2D eigenvalue weighted by molar-refractivity contribution is 5.94. The van der Waals surface area contributed by atoms with Crippen molar-refractivity contribution >= 4 is 12.1 Å². The zero-order chi connectivity index (χ0) is 22.0. The SMILES string of the molecule is CC1=C(/C=C/C(C)=C/C=C/C(C)=C/C=N/NC(=O)c2ccccc2)C(C)(C)CCC1. The van der Waals surface area contributed by atoms with E-state index in [9.17, 15) is 4.79 Å². The lowest BCUT2D eigenvalue weighted by Gasteiger charge is -2.32. The van der Waals surface area contributed by atoms with E-state index in [1.165, 1.54) is 36.0 Å². The summed E-state index contributed by atoms with van der Waals surface area (Å²) in [5.74, 6) is -0.217. The van der Waals surface area contributed by atoms with Crippen molar-refractivity contribution in [2.75, 3.05) is 0 Å². The van der Waals surface area contributed by atoms with Gasteiger partial charge in [0.1, 0.15) is 0 Å². The first-order chi connectivity index (χ1) is 14.3. The van der Waals surface area contributed by atoms with Gasteiger partial charge in [0.2, 0.25) is 0 Å². The molecule has 0 radical (unpaired) electrons. The molecule has 1 amide bonds. The molecule has 0 aromatic heterocycles. The molecule has 1 aromatic carbocycles. The lowest BCUT2D eigenvalue weighted by Crippen LogP contribution is -2.19. The fourth-order valence-corrected chi connectivity index (χ4v) is 3.59. The van der Waals surface area contributed by atoms with Crippen molar-refractivity contribution in [2.45, 2.75) is 53.9 Å². The number of allylic oxidation sites excluding steroid dienone is 10. The number of carbonyl (C=O) groups excluding carboxylic acids is 1. The van der Waals surface area contributed by atoms with Crippen LogP contribution in [-0.4, -0.2) is 12.1 Å². The van der Waals surface area contributed by atoms with E-state index in [1.54, 1.807) is 18.3 Å². The van der Waals surface area contributed by atoms with Gasteiger partial charge in [-0.25, -0.2) is 5.43 Å². The Balaban J connectivity index is 1.88. The number of hydrogen-bond donors (Lipinski definition) is 1. The Morgan fingerprint density at radius 3 is 2.47 bits per heavy atom. The molecule has 0 fully saturated rings. The Morgan fingerprint density at radius 1 is 1.07 bits per heavy atom. The van der Waals surface area contributed by atoms with E-state index >= 15 is 0 Å². The second kappa shape index (κ2) is 11.3. The van der Waals surface area contributed by atoms with Gasteiger partial charge in [0.15, 0.2) is 0 Å². The summed E-state index contributed by atoms with van der Waals surface area (Å²) in [6.07, 6.45) is 17.9. The summed E-state index contributed by atoms with van der Waals surface area (Å²) < 4.78 is 0. The van der Waals surface area contributed by atoms with Crippen molar-refractivity contribution in [3.8, 4) is 0 Å². The van der Waals surface area contributed by atoms with Crippen LogP contribution in [0.4, 0.5) is 0 Å². The third-order valence-electron chi connectivity index (χ3n) is 5.39. The van der Waals surface area contributed by atoms with E-state index in [0.29, 0.717) is 5.56 Å². The molecule has 0 saturated carbocycles. The van der Waals surface area contributed by atoms with Crippen LogP contribution in [-0.2, 0) is 0 Å². The minimum Gasteiger partial charge on any atom is -0.267 e. The van der Waals surface area contributed by atoms with Crippen LogP contribution in [0.2, 0.25) is 0 Å². The maximum atomic E-state index is 11.9. The lowest BCUT2D eigenvalue weighted by atomic mass is 9.72. The fourth-order valence-electron chi connectivity index (χ4n) is 3.59. The number of amides is 1. The minimum atomic E-state index is -0.217. The molecule has 0 spiro atoms. The molecule has 3 heteroatoms. The van der Waals surface area contributed by atoms with Gasteiger partial charge in [-0.15, -0.1) is 0 Å². The Labute approximate surface area is 181 Å². The van der Waals surface area contributed by atoms with E-state index < -0.39 is 0 Å². The second-order valence-corrected chi connectivity index (χ2v) is 8.53. The standard InChI is InChI=1S/C27H34N2O/c1-21(16-17-25-23(3)13-10-19-27(25,4)5)11-9-12-22(2)18-20-28-29-26(30)24-14-7-6-8-15-24/h6-9,11-12,14-18,20H,10,13,19H2,1-5H3,(H,29,30)/b12-9+,17-16+,21-11+,22-18+,28-20+. The topological polar surface area (TPSA) is 41.5 Å². The number of carbonyl (C=O) groups is 1. The zero-order valence-corrected chi connectivity index (χ0v) is 18.9. The van der Waals surface area contributed by atoms with Crippen LogP contribution >= 0.6 is 0 Å². The van der Waals surface area contributed by atoms with Gasteiger partial charge in [0, 0.05) is 11.8 Å². The van der Waals surface area contributed by atoms with Crippen LogP contribution in [0.3, 0.4) is 0 Å².